The maximum absolute atomic E-state index is 13.0. The molecule has 0 unspecified atom stereocenters. The molecule has 1 aromatic heterocycles. The maximum Gasteiger partial charge on any atom is 0.270 e. The van der Waals surface area contributed by atoms with Gasteiger partial charge in [-0.1, -0.05) is 36.4 Å². The first-order chi connectivity index (χ1) is 15.6. The van der Waals surface area contributed by atoms with Crippen LogP contribution < -0.4 is 10.2 Å². The van der Waals surface area contributed by atoms with Gasteiger partial charge in [-0.25, -0.2) is 9.37 Å². The first-order valence-electron chi connectivity index (χ1n) is 9.53. The summed E-state index contributed by atoms with van der Waals surface area (Å²) >= 11 is 1.35. The number of hydrogen-bond donors (Lipinski definition) is 1. The number of non-ortho nitro benzene ring substituents is 1. The van der Waals surface area contributed by atoms with E-state index in [0.717, 1.165) is 11.1 Å². The van der Waals surface area contributed by atoms with Crippen molar-refractivity contribution in [1.82, 2.24) is 4.98 Å². The molecule has 0 spiro atoms. The number of nitrogens with zero attached hydrogens (tertiary/aromatic N) is 3. The van der Waals surface area contributed by atoms with Gasteiger partial charge in [0.2, 0.25) is 5.13 Å². The standard InChI is InChI=1S/C23H17FN4O3S/c24-19-9-7-16(8-10-19)14-31-21-6-1-3-17(11-21)13-25-27-23-26-22(15-32-23)18-4-2-5-20(12-18)28(29)30/h1-13,15H,14H2,(H,26,27)/b25-13-. The molecular formula is C23H17FN4O3S. The number of benzene rings is 3. The van der Waals surface area contributed by atoms with Crippen LogP contribution in [-0.2, 0) is 6.61 Å². The Hall–Kier alpha value is -4.11. The molecule has 7 nitrogen and oxygen atoms in total. The van der Waals surface area contributed by atoms with Crippen LogP contribution in [0, 0.1) is 15.9 Å². The highest BCUT2D eigenvalue weighted by atomic mass is 32.1. The summed E-state index contributed by atoms with van der Waals surface area (Å²) in [6, 6.07) is 19.9. The molecule has 1 heterocycles. The van der Waals surface area contributed by atoms with E-state index in [1.54, 1.807) is 35.9 Å². The van der Waals surface area contributed by atoms with Gasteiger partial charge in [0, 0.05) is 23.1 Å². The third-order valence-electron chi connectivity index (χ3n) is 4.41. The number of halogens is 1. The van der Waals surface area contributed by atoms with Crippen LogP contribution >= 0.6 is 11.3 Å². The largest absolute Gasteiger partial charge is 0.489 e. The summed E-state index contributed by atoms with van der Waals surface area (Å²) in [5, 5.41) is 17.5. The summed E-state index contributed by atoms with van der Waals surface area (Å²) < 4.78 is 18.7. The molecule has 9 heteroatoms. The molecule has 4 aromatic rings. The Kier molecular flexibility index (Phi) is 6.47. The van der Waals surface area contributed by atoms with Gasteiger partial charge in [-0.05, 0) is 35.4 Å². The lowest BCUT2D eigenvalue weighted by atomic mass is 10.1. The quantitative estimate of drug-likeness (QED) is 0.206. The molecule has 0 bridgehead atoms. The second-order valence-electron chi connectivity index (χ2n) is 6.70. The van der Waals surface area contributed by atoms with E-state index in [-0.39, 0.29) is 11.5 Å². The molecule has 0 amide bonds. The molecule has 4 rings (SSSR count). The molecule has 0 radical (unpaired) electrons. The summed E-state index contributed by atoms with van der Waals surface area (Å²) in [4.78, 5) is 14.9. The first-order valence-corrected chi connectivity index (χ1v) is 10.4. The van der Waals surface area contributed by atoms with Crippen LogP contribution in [0.1, 0.15) is 11.1 Å². The van der Waals surface area contributed by atoms with Gasteiger partial charge < -0.3 is 4.74 Å². The number of ether oxygens (including phenoxy) is 1. The molecule has 0 atom stereocenters. The zero-order valence-corrected chi connectivity index (χ0v) is 17.5. The van der Waals surface area contributed by atoms with E-state index in [0.29, 0.717) is 28.7 Å². The molecule has 0 saturated heterocycles. The van der Waals surface area contributed by atoms with Crippen molar-refractivity contribution in [2.24, 2.45) is 5.10 Å². The number of nitro benzene ring substituents is 1. The monoisotopic (exact) mass is 448 g/mol. The smallest absolute Gasteiger partial charge is 0.270 e. The van der Waals surface area contributed by atoms with Gasteiger partial charge in [0.1, 0.15) is 18.2 Å². The van der Waals surface area contributed by atoms with Gasteiger partial charge in [-0.15, -0.1) is 11.3 Å². The highest BCUT2D eigenvalue weighted by molar-refractivity contribution is 7.14. The summed E-state index contributed by atoms with van der Waals surface area (Å²) in [7, 11) is 0. The number of thiazole rings is 1. The van der Waals surface area contributed by atoms with Crippen molar-refractivity contribution in [1.29, 1.82) is 0 Å². The van der Waals surface area contributed by atoms with E-state index in [2.05, 4.69) is 15.5 Å². The second kappa shape index (κ2) is 9.80. The summed E-state index contributed by atoms with van der Waals surface area (Å²) in [6.45, 7) is 0.332. The number of rotatable bonds is 8. The number of hydrogen-bond acceptors (Lipinski definition) is 7. The summed E-state index contributed by atoms with van der Waals surface area (Å²) in [5.41, 5.74) is 5.88. The fraction of sp³-hybridized carbons (Fsp3) is 0.0435. The van der Waals surface area contributed by atoms with Gasteiger partial charge in [0.25, 0.3) is 5.69 Å². The Bertz CT molecular complexity index is 1260. The fourth-order valence-corrected chi connectivity index (χ4v) is 3.50. The lowest BCUT2D eigenvalue weighted by Crippen LogP contribution is -1.96. The van der Waals surface area contributed by atoms with Crippen LogP contribution in [0.5, 0.6) is 5.75 Å². The minimum absolute atomic E-state index is 0.0181. The van der Waals surface area contributed by atoms with Crippen molar-refractivity contribution in [2.45, 2.75) is 6.61 Å². The number of nitro groups is 1. The molecule has 160 valence electrons. The molecule has 0 saturated carbocycles. The van der Waals surface area contributed by atoms with Gasteiger partial charge in [-0.2, -0.15) is 5.10 Å². The molecular weight excluding hydrogens is 431 g/mol. The van der Waals surface area contributed by atoms with E-state index in [1.165, 1.54) is 35.6 Å². The zero-order valence-electron chi connectivity index (χ0n) is 16.6. The predicted octanol–water partition coefficient (Wildman–Crippen LogP) is 5.88. The summed E-state index contributed by atoms with van der Waals surface area (Å²) in [6.07, 6.45) is 1.64. The third-order valence-corrected chi connectivity index (χ3v) is 5.15. The van der Waals surface area contributed by atoms with Gasteiger partial charge in [0.05, 0.1) is 16.8 Å². The highest BCUT2D eigenvalue weighted by Gasteiger charge is 2.09. The number of anilines is 1. The van der Waals surface area contributed by atoms with E-state index < -0.39 is 4.92 Å². The molecule has 1 N–H and O–H groups in total. The topological polar surface area (TPSA) is 89.7 Å². The molecule has 3 aromatic carbocycles. The average Bonchev–Trinajstić information content (AvgIpc) is 3.28. The van der Waals surface area contributed by atoms with Crippen LogP contribution in [0.2, 0.25) is 0 Å². The van der Waals surface area contributed by atoms with Gasteiger partial charge in [0.15, 0.2) is 0 Å². The van der Waals surface area contributed by atoms with Crippen molar-refractivity contribution in [3.63, 3.8) is 0 Å². The average molecular weight is 448 g/mol. The fourth-order valence-electron chi connectivity index (χ4n) is 2.83. The second-order valence-corrected chi connectivity index (χ2v) is 7.56. The molecule has 0 aliphatic heterocycles. The zero-order chi connectivity index (χ0) is 22.3. The highest BCUT2D eigenvalue weighted by Crippen LogP contribution is 2.27. The third kappa shape index (κ3) is 5.52. The maximum atomic E-state index is 13.0. The minimum atomic E-state index is -0.434. The molecule has 0 fully saturated rings. The van der Waals surface area contributed by atoms with Crippen molar-refractivity contribution in [3.05, 3.63) is 105 Å². The SMILES string of the molecule is O=[N+]([O-])c1cccc(-c2csc(N/N=C\c3cccc(OCc4ccc(F)cc4)c3)n2)c1. The van der Waals surface area contributed by atoms with Crippen LogP contribution in [0.3, 0.4) is 0 Å². The Balaban J connectivity index is 1.36. The van der Waals surface area contributed by atoms with E-state index in [1.807, 2.05) is 24.3 Å². The lowest BCUT2D eigenvalue weighted by molar-refractivity contribution is -0.384. The molecule has 32 heavy (non-hydrogen) atoms. The van der Waals surface area contributed by atoms with Crippen molar-refractivity contribution >= 4 is 28.4 Å². The molecule has 0 aliphatic rings. The number of nitrogens with one attached hydrogen (secondary N) is 1. The van der Waals surface area contributed by atoms with E-state index in [9.17, 15) is 14.5 Å². The van der Waals surface area contributed by atoms with E-state index >= 15 is 0 Å². The Morgan fingerprint density at radius 3 is 2.75 bits per heavy atom. The number of hydrazone groups is 1. The van der Waals surface area contributed by atoms with E-state index in [4.69, 9.17) is 4.74 Å². The van der Waals surface area contributed by atoms with Crippen molar-refractivity contribution in [2.75, 3.05) is 5.43 Å². The van der Waals surface area contributed by atoms with Gasteiger partial charge >= 0.3 is 0 Å². The molecule has 0 aliphatic carbocycles. The van der Waals surface area contributed by atoms with Crippen LogP contribution in [0.4, 0.5) is 15.2 Å². The van der Waals surface area contributed by atoms with Crippen LogP contribution in [-0.4, -0.2) is 16.1 Å². The Morgan fingerprint density at radius 2 is 1.94 bits per heavy atom. The summed E-state index contributed by atoms with van der Waals surface area (Å²) in [5.74, 6) is 0.386. The van der Waals surface area contributed by atoms with Gasteiger partial charge in [-0.3, -0.25) is 15.5 Å². The van der Waals surface area contributed by atoms with Crippen LogP contribution in [0.15, 0.2) is 83.3 Å². The van der Waals surface area contributed by atoms with Crippen molar-refractivity contribution in [3.8, 4) is 17.0 Å². The predicted molar refractivity (Wildman–Crippen MR) is 123 cm³/mol. The van der Waals surface area contributed by atoms with Crippen molar-refractivity contribution < 1.29 is 14.1 Å². The normalized spacial score (nSPS) is 10.9. The number of aromatic nitrogens is 1. The van der Waals surface area contributed by atoms with Crippen LogP contribution in [0.25, 0.3) is 11.3 Å². The lowest BCUT2D eigenvalue weighted by Gasteiger charge is -2.07. The Morgan fingerprint density at radius 1 is 1.12 bits per heavy atom. The minimum Gasteiger partial charge on any atom is -0.489 e. The first kappa shape index (κ1) is 21.1. The Labute approximate surface area is 187 Å².